The molecule has 1 aliphatic heterocycles. The third-order valence-electron chi connectivity index (χ3n) is 1.82. The largest absolute Gasteiger partial charge is 0.364 e. The van der Waals surface area contributed by atoms with E-state index in [2.05, 4.69) is 13.0 Å². The highest BCUT2D eigenvalue weighted by atomic mass is 32.2. The molecular formula is C10H15NO2S. The van der Waals surface area contributed by atoms with Crippen molar-refractivity contribution in [3.05, 3.63) is 23.1 Å². The van der Waals surface area contributed by atoms with E-state index in [0.717, 1.165) is 4.91 Å². The molecule has 0 saturated carbocycles. The van der Waals surface area contributed by atoms with Crippen molar-refractivity contribution in [2.75, 3.05) is 20.9 Å². The molecule has 0 fully saturated rings. The molecule has 0 aliphatic carbocycles. The van der Waals surface area contributed by atoms with Gasteiger partial charge >= 0.3 is 0 Å². The van der Waals surface area contributed by atoms with Crippen molar-refractivity contribution in [2.24, 2.45) is 0 Å². The van der Waals surface area contributed by atoms with E-state index in [1.807, 2.05) is 12.2 Å². The lowest BCUT2D eigenvalue weighted by molar-refractivity contribution is -0.129. The first kappa shape index (κ1) is 11.3. The van der Waals surface area contributed by atoms with Gasteiger partial charge in [-0.25, -0.2) is 0 Å². The van der Waals surface area contributed by atoms with Crippen molar-refractivity contribution in [1.29, 1.82) is 0 Å². The van der Waals surface area contributed by atoms with Crippen LogP contribution in [-0.2, 0) is 9.53 Å². The summed E-state index contributed by atoms with van der Waals surface area (Å²) in [7, 11) is 3.31. The number of thioether (sulfide) groups is 1. The summed E-state index contributed by atoms with van der Waals surface area (Å²) in [5, 5.41) is 0.370. The van der Waals surface area contributed by atoms with Crippen molar-refractivity contribution in [1.82, 2.24) is 4.90 Å². The molecule has 14 heavy (non-hydrogen) atoms. The fourth-order valence-electron chi connectivity index (χ4n) is 1.14. The summed E-state index contributed by atoms with van der Waals surface area (Å²) in [5.74, 6) is 0.0213. The highest BCUT2D eigenvalue weighted by Gasteiger charge is 2.18. The number of ether oxygens (including phenoxy) is 1. The van der Waals surface area contributed by atoms with E-state index in [9.17, 15) is 4.79 Å². The lowest BCUT2D eigenvalue weighted by Gasteiger charge is -2.20. The zero-order valence-electron chi connectivity index (χ0n) is 8.69. The SMILES string of the molecule is COCN(C)C(=O)C1=CC=CC(C)S1. The van der Waals surface area contributed by atoms with Gasteiger partial charge < -0.3 is 9.64 Å². The van der Waals surface area contributed by atoms with Crippen LogP contribution < -0.4 is 0 Å². The summed E-state index contributed by atoms with van der Waals surface area (Å²) in [6, 6.07) is 0. The van der Waals surface area contributed by atoms with Gasteiger partial charge in [-0.1, -0.05) is 12.2 Å². The molecule has 1 aliphatic rings. The van der Waals surface area contributed by atoms with E-state index >= 15 is 0 Å². The van der Waals surface area contributed by atoms with E-state index < -0.39 is 0 Å². The van der Waals surface area contributed by atoms with E-state index in [1.165, 1.54) is 0 Å². The van der Waals surface area contributed by atoms with Gasteiger partial charge in [-0.2, -0.15) is 0 Å². The second kappa shape index (κ2) is 5.22. The number of nitrogens with zero attached hydrogens (tertiary/aromatic N) is 1. The Balaban J connectivity index is 2.60. The first-order chi connectivity index (χ1) is 6.65. The Morgan fingerprint density at radius 1 is 1.71 bits per heavy atom. The van der Waals surface area contributed by atoms with Gasteiger partial charge in [0.1, 0.15) is 6.73 Å². The second-order valence-electron chi connectivity index (χ2n) is 3.16. The molecule has 1 atom stereocenters. The Labute approximate surface area is 88.8 Å². The van der Waals surface area contributed by atoms with Gasteiger partial charge in [0.15, 0.2) is 0 Å². The van der Waals surface area contributed by atoms with Gasteiger partial charge in [-0.15, -0.1) is 11.8 Å². The molecule has 0 aromatic rings. The number of rotatable bonds is 3. The minimum atomic E-state index is 0.0213. The fraction of sp³-hybridized carbons (Fsp3) is 0.500. The molecule has 0 N–H and O–H groups in total. The van der Waals surface area contributed by atoms with Crippen LogP contribution in [0.2, 0.25) is 0 Å². The van der Waals surface area contributed by atoms with Gasteiger partial charge in [0.05, 0.1) is 4.91 Å². The molecule has 0 spiro atoms. The number of methoxy groups -OCH3 is 1. The highest BCUT2D eigenvalue weighted by Crippen LogP contribution is 2.27. The molecule has 4 heteroatoms. The molecule has 0 radical (unpaired) electrons. The van der Waals surface area contributed by atoms with Crippen molar-refractivity contribution >= 4 is 17.7 Å². The first-order valence-electron chi connectivity index (χ1n) is 4.44. The highest BCUT2D eigenvalue weighted by molar-refractivity contribution is 8.04. The van der Waals surface area contributed by atoms with Crippen molar-refractivity contribution in [3.8, 4) is 0 Å². The summed E-state index contributed by atoms with van der Waals surface area (Å²) in [4.78, 5) is 14.1. The molecule has 0 saturated heterocycles. The average molecular weight is 213 g/mol. The van der Waals surface area contributed by atoms with Crippen molar-refractivity contribution < 1.29 is 9.53 Å². The van der Waals surface area contributed by atoms with Gasteiger partial charge in [0.25, 0.3) is 5.91 Å². The van der Waals surface area contributed by atoms with E-state index in [-0.39, 0.29) is 5.91 Å². The molecule has 3 nitrogen and oxygen atoms in total. The molecule has 1 amide bonds. The molecule has 1 unspecified atom stereocenters. The van der Waals surface area contributed by atoms with Crippen LogP contribution in [0.1, 0.15) is 6.92 Å². The molecule has 0 aromatic heterocycles. The summed E-state index contributed by atoms with van der Waals surface area (Å²) in [5.41, 5.74) is 0. The number of carbonyl (C=O) groups excluding carboxylic acids is 1. The zero-order valence-corrected chi connectivity index (χ0v) is 9.50. The van der Waals surface area contributed by atoms with Gasteiger partial charge in [-0.05, 0) is 13.0 Å². The summed E-state index contributed by atoms with van der Waals surface area (Å²) in [6.45, 7) is 2.40. The van der Waals surface area contributed by atoms with Crippen LogP contribution in [0.25, 0.3) is 0 Å². The fourth-order valence-corrected chi connectivity index (χ4v) is 2.12. The Morgan fingerprint density at radius 2 is 2.43 bits per heavy atom. The van der Waals surface area contributed by atoms with Crippen LogP contribution >= 0.6 is 11.8 Å². The topological polar surface area (TPSA) is 29.5 Å². The molecule has 0 aromatic carbocycles. The average Bonchev–Trinajstić information content (AvgIpc) is 2.17. The Morgan fingerprint density at radius 3 is 3.00 bits per heavy atom. The third kappa shape index (κ3) is 2.89. The predicted molar refractivity (Wildman–Crippen MR) is 58.9 cm³/mol. The molecule has 1 rings (SSSR count). The van der Waals surface area contributed by atoms with E-state index in [0.29, 0.717) is 12.0 Å². The minimum absolute atomic E-state index is 0.0213. The number of hydrogen-bond acceptors (Lipinski definition) is 3. The van der Waals surface area contributed by atoms with Crippen LogP contribution in [0.4, 0.5) is 0 Å². The number of hydrogen-bond donors (Lipinski definition) is 0. The van der Waals surface area contributed by atoms with Gasteiger partial charge in [-0.3, -0.25) is 4.79 Å². The maximum Gasteiger partial charge on any atom is 0.261 e. The van der Waals surface area contributed by atoms with Crippen LogP contribution in [0.3, 0.4) is 0 Å². The Kier molecular flexibility index (Phi) is 4.22. The maximum atomic E-state index is 11.8. The molecule has 1 heterocycles. The zero-order chi connectivity index (χ0) is 10.6. The normalized spacial score (nSPS) is 20.5. The van der Waals surface area contributed by atoms with Crippen LogP contribution in [0.5, 0.6) is 0 Å². The number of allylic oxidation sites excluding steroid dienone is 2. The maximum absolute atomic E-state index is 11.8. The van der Waals surface area contributed by atoms with Crippen molar-refractivity contribution in [3.63, 3.8) is 0 Å². The van der Waals surface area contributed by atoms with Crippen LogP contribution in [0.15, 0.2) is 23.1 Å². The van der Waals surface area contributed by atoms with E-state index in [4.69, 9.17) is 4.74 Å². The monoisotopic (exact) mass is 213 g/mol. The Hall–Kier alpha value is -0.740. The smallest absolute Gasteiger partial charge is 0.261 e. The Bertz CT molecular complexity index is 273. The van der Waals surface area contributed by atoms with Crippen LogP contribution in [-0.4, -0.2) is 36.9 Å². The lowest BCUT2D eigenvalue weighted by Crippen LogP contribution is -2.29. The van der Waals surface area contributed by atoms with Crippen molar-refractivity contribution in [2.45, 2.75) is 12.2 Å². The lowest BCUT2D eigenvalue weighted by atomic mass is 10.3. The standard InChI is InChI=1S/C10H15NO2S/c1-8-5-4-6-9(14-8)10(12)11(2)7-13-3/h4-6,8H,7H2,1-3H3. The molecule has 78 valence electrons. The first-order valence-corrected chi connectivity index (χ1v) is 5.32. The number of amides is 1. The molecular weight excluding hydrogens is 198 g/mol. The quantitative estimate of drug-likeness (QED) is 0.667. The molecule has 0 bridgehead atoms. The number of likely N-dealkylation sites (N-methyl/N-ethyl adjacent to an activating group) is 1. The number of carbonyl (C=O) groups is 1. The van der Waals surface area contributed by atoms with Gasteiger partial charge in [0, 0.05) is 19.4 Å². The van der Waals surface area contributed by atoms with Gasteiger partial charge in [0.2, 0.25) is 0 Å². The summed E-state index contributed by atoms with van der Waals surface area (Å²) >= 11 is 1.58. The van der Waals surface area contributed by atoms with Crippen LogP contribution in [0, 0.1) is 0 Å². The van der Waals surface area contributed by atoms with E-state index in [1.54, 1.807) is 30.8 Å². The minimum Gasteiger partial charge on any atom is -0.364 e. The third-order valence-corrected chi connectivity index (χ3v) is 2.92. The summed E-state index contributed by atoms with van der Waals surface area (Å²) < 4.78 is 4.89. The predicted octanol–water partition coefficient (Wildman–Crippen LogP) is 1.62. The second-order valence-corrected chi connectivity index (χ2v) is 4.58. The summed E-state index contributed by atoms with van der Waals surface area (Å²) in [6.07, 6.45) is 5.84.